The molecule has 1 aliphatic rings. The van der Waals surface area contributed by atoms with E-state index >= 15 is 0 Å². The van der Waals surface area contributed by atoms with Gasteiger partial charge < -0.3 is 4.74 Å². The van der Waals surface area contributed by atoms with Crippen LogP contribution in [0.5, 0.6) is 5.75 Å². The molecule has 4 aromatic rings. The molecule has 156 valence electrons. The summed E-state index contributed by atoms with van der Waals surface area (Å²) in [6, 6.07) is 21.5. The monoisotopic (exact) mass is 449 g/mol. The van der Waals surface area contributed by atoms with Gasteiger partial charge in [0.1, 0.15) is 12.4 Å². The zero-order valence-electron chi connectivity index (χ0n) is 16.5. The van der Waals surface area contributed by atoms with Gasteiger partial charge in [0, 0.05) is 4.88 Å². The molecule has 7 nitrogen and oxygen atoms in total. The minimum atomic E-state index is -0.189. The molecular weight excluding hydrogens is 430 g/mol. The van der Waals surface area contributed by atoms with Crippen LogP contribution in [0, 0.1) is 0 Å². The van der Waals surface area contributed by atoms with Gasteiger partial charge >= 0.3 is 0 Å². The van der Waals surface area contributed by atoms with Crippen LogP contribution in [-0.4, -0.2) is 38.5 Å². The number of rotatable bonds is 6. The second kappa shape index (κ2) is 8.91. The minimum Gasteiger partial charge on any atom is -0.489 e. The van der Waals surface area contributed by atoms with Gasteiger partial charge in [-0.3, -0.25) is 9.69 Å². The number of benzene rings is 2. The smallest absolute Gasteiger partial charge is 0.238 e. The Balaban J connectivity index is 1.37. The van der Waals surface area contributed by atoms with Crippen molar-refractivity contribution in [2.75, 3.05) is 17.3 Å². The largest absolute Gasteiger partial charge is 0.489 e. The van der Waals surface area contributed by atoms with Crippen LogP contribution in [0.1, 0.15) is 16.5 Å². The van der Waals surface area contributed by atoms with Crippen LogP contribution in [0.3, 0.4) is 0 Å². The zero-order valence-corrected chi connectivity index (χ0v) is 18.1. The number of ether oxygens (including phenoxy) is 1. The van der Waals surface area contributed by atoms with Crippen LogP contribution in [0.15, 0.2) is 77.3 Å². The summed E-state index contributed by atoms with van der Waals surface area (Å²) in [5.41, 5.74) is 1.82. The molecule has 1 unspecified atom stereocenters. The number of fused-ring (bicyclic) bond motifs is 1. The van der Waals surface area contributed by atoms with E-state index in [-0.39, 0.29) is 17.7 Å². The van der Waals surface area contributed by atoms with Gasteiger partial charge in [0.2, 0.25) is 11.1 Å². The highest BCUT2D eigenvalue weighted by Crippen LogP contribution is 2.39. The SMILES string of the molecule is O=C(CSc1nnnn1Cc1cccs1)N1c2ccccc2OCC1c1ccccc1. The van der Waals surface area contributed by atoms with Crippen LogP contribution in [0.25, 0.3) is 0 Å². The molecule has 1 aliphatic heterocycles. The lowest BCUT2D eigenvalue weighted by molar-refractivity contribution is -0.117. The molecule has 9 heteroatoms. The first kappa shape index (κ1) is 19.8. The minimum absolute atomic E-state index is 0.0136. The molecule has 0 saturated heterocycles. The standard InChI is InChI=1S/C22H19N5O2S2/c28-21(15-31-22-23-24-25-26(22)13-17-9-6-12-30-17)27-18-10-4-5-11-20(18)29-14-19(27)16-7-2-1-3-8-16/h1-12,19H,13-15H2. The lowest BCUT2D eigenvalue weighted by atomic mass is 10.0. The molecule has 0 aliphatic carbocycles. The van der Waals surface area contributed by atoms with Crippen molar-refractivity contribution < 1.29 is 9.53 Å². The Labute approximate surface area is 187 Å². The normalized spacial score (nSPS) is 15.4. The Kier molecular flexibility index (Phi) is 5.68. The van der Waals surface area contributed by atoms with Crippen LogP contribution < -0.4 is 9.64 Å². The average molecular weight is 450 g/mol. The number of thiophene rings is 1. The van der Waals surface area contributed by atoms with Gasteiger partial charge in [-0.1, -0.05) is 60.3 Å². The van der Waals surface area contributed by atoms with Gasteiger partial charge in [0.25, 0.3) is 0 Å². The number of anilines is 1. The summed E-state index contributed by atoms with van der Waals surface area (Å²) in [5, 5.41) is 14.6. The molecule has 0 spiro atoms. The van der Waals surface area contributed by atoms with E-state index in [1.165, 1.54) is 11.8 Å². The number of thioether (sulfide) groups is 1. The summed E-state index contributed by atoms with van der Waals surface area (Å²) >= 11 is 3.00. The van der Waals surface area contributed by atoms with Gasteiger partial charge in [-0.05, 0) is 39.6 Å². The fourth-order valence-corrected chi connectivity index (χ4v) is 4.98. The van der Waals surface area contributed by atoms with Crippen molar-refractivity contribution in [2.24, 2.45) is 0 Å². The summed E-state index contributed by atoms with van der Waals surface area (Å²) in [7, 11) is 0. The van der Waals surface area contributed by atoms with Crippen LogP contribution in [0.4, 0.5) is 5.69 Å². The summed E-state index contributed by atoms with van der Waals surface area (Å²) in [4.78, 5) is 16.4. The van der Waals surface area contributed by atoms with Crippen molar-refractivity contribution in [3.05, 3.63) is 82.6 Å². The topological polar surface area (TPSA) is 73.1 Å². The molecule has 0 saturated carbocycles. The maximum atomic E-state index is 13.4. The van der Waals surface area contributed by atoms with Gasteiger partial charge in [-0.15, -0.1) is 16.4 Å². The molecule has 31 heavy (non-hydrogen) atoms. The molecule has 1 atom stereocenters. The van der Waals surface area contributed by atoms with Crippen LogP contribution in [0.2, 0.25) is 0 Å². The first-order chi connectivity index (χ1) is 15.3. The van der Waals surface area contributed by atoms with Gasteiger partial charge in [-0.25, -0.2) is 4.68 Å². The third-order valence-electron chi connectivity index (χ3n) is 5.00. The second-order valence-corrected chi connectivity index (χ2v) is 8.93. The highest BCUT2D eigenvalue weighted by Gasteiger charge is 2.33. The highest BCUT2D eigenvalue weighted by molar-refractivity contribution is 7.99. The maximum absolute atomic E-state index is 13.4. The fraction of sp³-hybridized carbons (Fsp3) is 0.182. The van der Waals surface area contributed by atoms with E-state index in [0.717, 1.165) is 21.9 Å². The van der Waals surface area contributed by atoms with Crippen LogP contribution >= 0.6 is 23.1 Å². The summed E-state index contributed by atoms with van der Waals surface area (Å²) in [5.74, 6) is 0.929. The highest BCUT2D eigenvalue weighted by atomic mass is 32.2. The number of aromatic nitrogens is 4. The predicted octanol–water partition coefficient (Wildman–Crippen LogP) is 4.04. The molecular formula is C22H19N5O2S2. The first-order valence-corrected chi connectivity index (χ1v) is 11.7. The molecule has 0 fully saturated rings. The molecule has 5 rings (SSSR count). The average Bonchev–Trinajstić information content (AvgIpc) is 3.50. The van der Waals surface area contributed by atoms with Crippen molar-refractivity contribution in [3.8, 4) is 5.75 Å². The van der Waals surface area contributed by atoms with E-state index in [2.05, 4.69) is 15.5 Å². The van der Waals surface area contributed by atoms with Crippen LogP contribution in [-0.2, 0) is 11.3 Å². The summed E-state index contributed by atoms with van der Waals surface area (Å²) in [6.45, 7) is 1.00. The number of carbonyl (C=O) groups excluding carboxylic acids is 1. The summed E-state index contributed by atoms with van der Waals surface area (Å²) in [6.07, 6.45) is 0. The zero-order chi connectivity index (χ0) is 21.0. The number of tetrazole rings is 1. The quantitative estimate of drug-likeness (QED) is 0.414. The molecule has 2 aromatic heterocycles. The molecule has 0 N–H and O–H groups in total. The number of nitrogens with zero attached hydrogens (tertiary/aromatic N) is 5. The van der Waals surface area contributed by atoms with Gasteiger partial charge in [0.15, 0.2) is 0 Å². The number of hydrogen-bond acceptors (Lipinski definition) is 7. The maximum Gasteiger partial charge on any atom is 0.238 e. The van der Waals surface area contributed by atoms with Crippen molar-refractivity contribution in [2.45, 2.75) is 17.7 Å². The number of amides is 1. The lowest BCUT2D eigenvalue weighted by Crippen LogP contribution is -2.42. The predicted molar refractivity (Wildman–Crippen MR) is 121 cm³/mol. The molecule has 1 amide bonds. The molecule has 3 heterocycles. The van der Waals surface area contributed by atoms with E-state index in [1.54, 1.807) is 16.0 Å². The number of hydrogen-bond donors (Lipinski definition) is 0. The van der Waals surface area contributed by atoms with E-state index in [1.807, 2.05) is 77.0 Å². The summed E-state index contributed by atoms with van der Waals surface area (Å²) < 4.78 is 7.69. The first-order valence-electron chi connectivity index (χ1n) is 9.80. The fourth-order valence-electron chi connectivity index (χ4n) is 3.56. The third kappa shape index (κ3) is 4.19. The van der Waals surface area contributed by atoms with Gasteiger partial charge in [0.05, 0.1) is 24.0 Å². The molecule has 2 aromatic carbocycles. The van der Waals surface area contributed by atoms with Crippen molar-refractivity contribution >= 4 is 34.7 Å². The van der Waals surface area contributed by atoms with Crippen molar-refractivity contribution in [1.82, 2.24) is 20.2 Å². The third-order valence-corrected chi connectivity index (χ3v) is 6.80. The second-order valence-electron chi connectivity index (χ2n) is 6.96. The number of carbonyl (C=O) groups is 1. The Hall–Kier alpha value is -3.17. The Morgan fingerprint density at radius 1 is 1.10 bits per heavy atom. The van der Waals surface area contributed by atoms with E-state index in [9.17, 15) is 4.79 Å². The van der Waals surface area contributed by atoms with E-state index in [4.69, 9.17) is 4.74 Å². The van der Waals surface area contributed by atoms with Crippen molar-refractivity contribution in [3.63, 3.8) is 0 Å². The Morgan fingerprint density at radius 3 is 2.77 bits per heavy atom. The van der Waals surface area contributed by atoms with E-state index in [0.29, 0.717) is 18.3 Å². The molecule has 0 radical (unpaired) electrons. The molecule has 0 bridgehead atoms. The van der Waals surface area contributed by atoms with E-state index < -0.39 is 0 Å². The van der Waals surface area contributed by atoms with Crippen molar-refractivity contribution in [1.29, 1.82) is 0 Å². The Morgan fingerprint density at radius 2 is 1.94 bits per heavy atom. The number of para-hydroxylation sites is 2. The lowest BCUT2D eigenvalue weighted by Gasteiger charge is -2.37. The van der Waals surface area contributed by atoms with Gasteiger partial charge in [-0.2, -0.15) is 0 Å². The Bertz CT molecular complexity index is 1160.